The fourth-order valence-corrected chi connectivity index (χ4v) is 0.732. The molecule has 12 heavy (non-hydrogen) atoms. The van der Waals surface area contributed by atoms with Crippen LogP contribution in [0.5, 0.6) is 0 Å². The van der Waals surface area contributed by atoms with Gasteiger partial charge in [-0.15, -0.1) is 0 Å². The molecule has 0 fully saturated rings. The van der Waals surface area contributed by atoms with Gasteiger partial charge in [0.2, 0.25) is 0 Å². The van der Waals surface area contributed by atoms with Crippen LogP contribution in [0.3, 0.4) is 0 Å². The van der Waals surface area contributed by atoms with Gasteiger partial charge in [-0.2, -0.15) is 5.26 Å². The lowest BCUT2D eigenvalue weighted by Crippen LogP contribution is -1.97. The van der Waals surface area contributed by atoms with E-state index in [1.54, 1.807) is 24.5 Å². The van der Waals surface area contributed by atoms with Crippen LogP contribution in [0.2, 0.25) is 0 Å². The van der Waals surface area contributed by atoms with Gasteiger partial charge in [0, 0.05) is 18.0 Å². The van der Waals surface area contributed by atoms with Gasteiger partial charge in [0.25, 0.3) is 0 Å². The standard InChI is InChI=1S/C8H7N3O/c1-12-11-8(5-9)7-3-2-4-10-6-7/h2-4,6H,1H3/b11-8-. The molecule has 1 aromatic heterocycles. The van der Waals surface area contributed by atoms with Crippen LogP contribution in [-0.4, -0.2) is 17.8 Å². The van der Waals surface area contributed by atoms with Crippen LogP contribution in [0, 0.1) is 11.3 Å². The molecule has 0 bridgehead atoms. The molecular formula is C8H7N3O. The van der Waals surface area contributed by atoms with Gasteiger partial charge in [-0.25, -0.2) is 0 Å². The van der Waals surface area contributed by atoms with Crippen LogP contribution in [-0.2, 0) is 4.84 Å². The van der Waals surface area contributed by atoms with Gasteiger partial charge < -0.3 is 4.84 Å². The second-order valence-corrected chi connectivity index (χ2v) is 1.98. The van der Waals surface area contributed by atoms with E-state index in [9.17, 15) is 0 Å². The van der Waals surface area contributed by atoms with E-state index in [1.165, 1.54) is 7.11 Å². The van der Waals surface area contributed by atoms with Crippen molar-refractivity contribution in [1.29, 1.82) is 5.26 Å². The summed E-state index contributed by atoms with van der Waals surface area (Å²) >= 11 is 0. The van der Waals surface area contributed by atoms with Crippen LogP contribution in [0.25, 0.3) is 0 Å². The van der Waals surface area contributed by atoms with E-state index in [4.69, 9.17) is 5.26 Å². The summed E-state index contributed by atoms with van der Waals surface area (Å²) in [6.07, 6.45) is 3.19. The van der Waals surface area contributed by atoms with Crippen LogP contribution in [0.1, 0.15) is 5.56 Å². The number of pyridine rings is 1. The van der Waals surface area contributed by atoms with Gasteiger partial charge in [0.15, 0.2) is 5.71 Å². The third-order valence-electron chi connectivity index (χ3n) is 1.22. The van der Waals surface area contributed by atoms with E-state index < -0.39 is 0 Å². The van der Waals surface area contributed by atoms with Crippen molar-refractivity contribution in [2.75, 3.05) is 7.11 Å². The molecule has 0 aromatic carbocycles. The molecule has 0 radical (unpaired) electrons. The highest BCUT2D eigenvalue weighted by atomic mass is 16.6. The van der Waals surface area contributed by atoms with Crippen LogP contribution >= 0.6 is 0 Å². The molecule has 0 atom stereocenters. The maximum atomic E-state index is 8.62. The number of aromatic nitrogens is 1. The Morgan fingerprint density at radius 3 is 3.08 bits per heavy atom. The average Bonchev–Trinajstić information content (AvgIpc) is 2.15. The molecule has 0 N–H and O–H groups in total. The Balaban J connectivity index is 2.98. The first-order chi connectivity index (χ1) is 5.88. The normalized spacial score (nSPS) is 10.5. The molecule has 4 heteroatoms. The van der Waals surface area contributed by atoms with E-state index in [2.05, 4.69) is 15.0 Å². The third kappa shape index (κ3) is 1.80. The smallest absolute Gasteiger partial charge is 0.188 e. The summed E-state index contributed by atoms with van der Waals surface area (Å²) in [7, 11) is 1.40. The van der Waals surface area contributed by atoms with Crippen molar-refractivity contribution in [3.05, 3.63) is 30.1 Å². The predicted octanol–water partition coefficient (Wildman–Crippen LogP) is 0.956. The van der Waals surface area contributed by atoms with Gasteiger partial charge in [0.1, 0.15) is 13.2 Å². The Hall–Kier alpha value is -1.89. The Morgan fingerprint density at radius 1 is 1.75 bits per heavy atom. The summed E-state index contributed by atoms with van der Waals surface area (Å²) in [5.41, 5.74) is 0.882. The summed E-state index contributed by atoms with van der Waals surface area (Å²) < 4.78 is 0. The van der Waals surface area contributed by atoms with Gasteiger partial charge in [-0.1, -0.05) is 5.16 Å². The molecule has 4 nitrogen and oxygen atoms in total. The molecule has 0 aliphatic carbocycles. The molecule has 0 aliphatic heterocycles. The van der Waals surface area contributed by atoms with Crippen LogP contribution in [0.4, 0.5) is 0 Å². The van der Waals surface area contributed by atoms with Crippen molar-refractivity contribution < 1.29 is 4.84 Å². The first-order valence-electron chi connectivity index (χ1n) is 3.30. The van der Waals surface area contributed by atoms with Crippen molar-refractivity contribution in [1.82, 2.24) is 4.98 Å². The Morgan fingerprint density at radius 2 is 2.58 bits per heavy atom. The van der Waals surface area contributed by atoms with Crippen molar-refractivity contribution in [3.63, 3.8) is 0 Å². The first kappa shape index (κ1) is 8.21. The van der Waals surface area contributed by atoms with E-state index in [0.717, 1.165) is 0 Å². The number of hydrogen-bond acceptors (Lipinski definition) is 4. The molecule has 60 valence electrons. The van der Waals surface area contributed by atoms with Crippen molar-refractivity contribution in [3.8, 4) is 6.07 Å². The SMILES string of the molecule is CO/N=C(/C#N)c1cccnc1. The lowest BCUT2D eigenvalue weighted by molar-refractivity contribution is 0.214. The minimum atomic E-state index is 0.227. The summed E-state index contributed by atoms with van der Waals surface area (Å²) in [5.74, 6) is 0. The van der Waals surface area contributed by atoms with Crippen molar-refractivity contribution in [2.24, 2.45) is 5.16 Å². The summed E-state index contributed by atoms with van der Waals surface area (Å²) in [4.78, 5) is 8.34. The molecular weight excluding hydrogens is 154 g/mol. The van der Waals surface area contributed by atoms with Crippen LogP contribution in [0.15, 0.2) is 29.7 Å². The van der Waals surface area contributed by atoms with Crippen molar-refractivity contribution in [2.45, 2.75) is 0 Å². The highest BCUT2D eigenvalue weighted by Crippen LogP contribution is 1.97. The maximum absolute atomic E-state index is 8.62. The maximum Gasteiger partial charge on any atom is 0.188 e. The van der Waals surface area contributed by atoms with E-state index in [0.29, 0.717) is 5.56 Å². The number of nitrogens with zero attached hydrogens (tertiary/aromatic N) is 3. The fourth-order valence-electron chi connectivity index (χ4n) is 0.732. The highest BCUT2D eigenvalue weighted by molar-refractivity contribution is 6.11. The fraction of sp³-hybridized carbons (Fsp3) is 0.125. The van der Waals surface area contributed by atoms with E-state index in [1.807, 2.05) is 6.07 Å². The Bertz CT molecular complexity index is 313. The van der Waals surface area contributed by atoms with Gasteiger partial charge >= 0.3 is 0 Å². The molecule has 0 aliphatic rings. The highest BCUT2D eigenvalue weighted by Gasteiger charge is 2.00. The second-order valence-electron chi connectivity index (χ2n) is 1.98. The summed E-state index contributed by atoms with van der Waals surface area (Å²) in [6, 6.07) is 5.38. The van der Waals surface area contributed by atoms with Crippen LogP contribution < -0.4 is 0 Å². The summed E-state index contributed by atoms with van der Waals surface area (Å²) in [5, 5.41) is 12.2. The zero-order chi connectivity index (χ0) is 8.81. The number of oxime groups is 1. The molecule has 1 rings (SSSR count). The quantitative estimate of drug-likeness (QED) is 0.479. The van der Waals surface area contributed by atoms with E-state index >= 15 is 0 Å². The Labute approximate surface area is 70.1 Å². The lowest BCUT2D eigenvalue weighted by Gasteiger charge is -1.94. The Kier molecular flexibility index (Phi) is 2.79. The van der Waals surface area contributed by atoms with Crippen molar-refractivity contribution >= 4 is 5.71 Å². The van der Waals surface area contributed by atoms with Gasteiger partial charge in [-0.3, -0.25) is 4.98 Å². The third-order valence-corrected chi connectivity index (χ3v) is 1.22. The molecule has 1 aromatic rings. The number of nitriles is 1. The molecule has 0 amide bonds. The first-order valence-corrected chi connectivity index (χ1v) is 3.30. The molecule has 0 spiro atoms. The van der Waals surface area contributed by atoms with E-state index in [-0.39, 0.29) is 5.71 Å². The zero-order valence-corrected chi connectivity index (χ0v) is 6.56. The minimum Gasteiger partial charge on any atom is -0.398 e. The second kappa shape index (κ2) is 4.09. The lowest BCUT2D eigenvalue weighted by atomic mass is 10.2. The molecule has 0 saturated heterocycles. The minimum absolute atomic E-state index is 0.227. The largest absolute Gasteiger partial charge is 0.398 e. The number of hydrogen-bond donors (Lipinski definition) is 0. The van der Waals surface area contributed by atoms with Gasteiger partial charge in [-0.05, 0) is 12.1 Å². The topological polar surface area (TPSA) is 58.3 Å². The molecule has 1 heterocycles. The average molecular weight is 161 g/mol. The summed E-state index contributed by atoms with van der Waals surface area (Å²) in [6.45, 7) is 0. The predicted molar refractivity (Wildman–Crippen MR) is 43.4 cm³/mol. The molecule has 0 saturated carbocycles. The monoisotopic (exact) mass is 161 g/mol. The number of rotatable bonds is 2. The molecule has 0 unspecified atom stereocenters. The van der Waals surface area contributed by atoms with Gasteiger partial charge in [0.05, 0.1) is 0 Å². The zero-order valence-electron chi connectivity index (χ0n) is 6.56.